The largest absolute Gasteiger partial charge is 0.455 e. The first kappa shape index (κ1) is 78.7. The minimum Gasteiger partial charge on any atom is -0.455 e. The van der Waals surface area contributed by atoms with E-state index >= 15 is 0 Å². The first-order valence-corrected chi connectivity index (χ1v) is 49.6. The zero-order chi connectivity index (χ0) is 94.7. The van der Waals surface area contributed by atoms with Crippen molar-refractivity contribution in [3.8, 4) is 66.8 Å². The molecule has 0 N–H and O–H groups in total. The standard InChI is InChI=1S/C48H25NO3.C44H27NO2.C43H25NO2/c1-4-13-40-30(8-1)35-12-7-11-29(46(35)50-40)27-18-16-26(17-19-27)28-24-38-33-20-22-36-31-9-2-5-14-41(31)51-47(36)44(33)49-43(38)39(25-28)34-21-23-37-32-10-3-6-15-42(32)52-48(37)45(34)49;1-24-20-27(26-10-4-3-5-11-26)21-25(2)39(24)28-22-35-31-16-18-33-29-12-6-8-14-37(29)46-43(33)41(31)45-40(35)36(23-28)32-17-19-34-30-13-7-9-15-38(30)47-44(34)42(32)45;1-24-21-26(25-9-3-2-4-10-25)15-16-28(24)27-22-35-31-17-19-33-29-11-5-7-13-37(29)45-42(33)40(31)44-39(35)36(23-27)32-18-20-34-30-12-6-8-14-38(30)46-43(34)41(32)44/h1-25H;3-23H,1-2H3;2-23H,1H3. The summed E-state index contributed by atoms with van der Waals surface area (Å²) in [6.45, 7) is 6.70. The lowest BCUT2D eigenvalue weighted by atomic mass is 9.90. The van der Waals surface area contributed by atoms with Crippen molar-refractivity contribution in [3.05, 3.63) is 429 Å². The topological polar surface area (TPSA) is 105 Å². The Bertz CT molecular complexity index is 11300. The molecule has 0 amide bonds. The Labute approximate surface area is 823 Å². The number of furan rings is 7. The van der Waals surface area contributed by atoms with E-state index in [0.717, 1.165) is 220 Å². The summed E-state index contributed by atoms with van der Waals surface area (Å²) in [4.78, 5) is 0. The molecular formula is C135H77N3O7. The molecule has 0 aliphatic carbocycles. The van der Waals surface area contributed by atoms with Gasteiger partial charge in [-0.2, -0.15) is 0 Å². The van der Waals surface area contributed by atoms with Crippen LogP contribution in [0.15, 0.2) is 443 Å². The van der Waals surface area contributed by atoms with Gasteiger partial charge in [0.05, 0.1) is 49.7 Å². The lowest BCUT2D eigenvalue weighted by Gasteiger charge is -2.14. The van der Waals surface area contributed by atoms with Crippen molar-refractivity contribution in [1.82, 2.24) is 13.2 Å². The third-order valence-electron chi connectivity index (χ3n) is 31.7. The summed E-state index contributed by atoms with van der Waals surface area (Å²) in [5.74, 6) is 0. The van der Waals surface area contributed by atoms with Crippen LogP contribution >= 0.6 is 0 Å². The van der Waals surface area contributed by atoms with Crippen LogP contribution in [0, 0.1) is 20.8 Å². The molecule has 10 heteroatoms. The second kappa shape index (κ2) is 29.0. The molecule has 35 rings (SSSR count). The molecule has 0 saturated carbocycles. The Kier molecular flexibility index (Phi) is 15.8. The lowest BCUT2D eigenvalue weighted by molar-refractivity contribution is 0.669. The number of fused-ring (bicyclic) bond motifs is 45. The maximum Gasteiger partial charge on any atom is 0.160 e. The molecule has 0 saturated heterocycles. The highest BCUT2D eigenvalue weighted by atomic mass is 16.4. The molecule has 10 nitrogen and oxygen atoms in total. The molecule has 145 heavy (non-hydrogen) atoms. The molecular weight excluding hydrogens is 1780 g/mol. The first-order chi connectivity index (χ1) is 71.6. The van der Waals surface area contributed by atoms with E-state index in [2.05, 4.69) is 398 Å². The zero-order valence-corrected chi connectivity index (χ0v) is 78.5. The number of para-hydroxylation sites is 8. The second-order valence-electron chi connectivity index (χ2n) is 39.5. The van der Waals surface area contributed by atoms with Crippen molar-refractivity contribution < 1.29 is 30.9 Å². The van der Waals surface area contributed by atoms with E-state index in [1.54, 1.807) is 0 Å². The number of aryl methyl sites for hydroxylation is 3. The van der Waals surface area contributed by atoms with Crippen molar-refractivity contribution in [2.75, 3.05) is 0 Å². The summed E-state index contributed by atoms with van der Waals surface area (Å²) < 4.78 is 53.8. The molecule has 0 radical (unpaired) electrons. The van der Waals surface area contributed by atoms with Crippen molar-refractivity contribution in [2.24, 2.45) is 0 Å². The Morgan fingerprint density at radius 3 is 0.690 bits per heavy atom. The van der Waals surface area contributed by atoms with Crippen molar-refractivity contribution >= 4 is 268 Å². The van der Waals surface area contributed by atoms with Crippen LogP contribution in [0.2, 0.25) is 0 Å². The number of nitrogens with zero attached hydrogens (tertiary/aromatic N) is 3. The third kappa shape index (κ3) is 10.8. The van der Waals surface area contributed by atoms with Crippen molar-refractivity contribution in [2.45, 2.75) is 20.8 Å². The number of rotatable bonds is 6. The van der Waals surface area contributed by atoms with Gasteiger partial charge in [-0.05, 0) is 214 Å². The molecule has 0 bridgehead atoms. The summed E-state index contributed by atoms with van der Waals surface area (Å²) in [7, 11) is 0. The highest BCUT2D eigenvalue weighted by Gasteiger charge is 2.32. The molecule has 13 aromatic heterocycles. The van der Waals surface area contributed by atoms with Crippen LogP contribution in [-0.2, 0) is 0 Å². The molecule has 0 spiro atoms. The molecule has 0 aliphatic heterocycles. The van der Waals surface area contributed by atoms with Gasteiger partial charge < -0.3 is 44.1 Å². The quantitative estimate of drug-likeness (QED) is 0.163. The maximum atomic E-state index is 6.71. The second-order valence-corrected chi connectivity index (χ2v) is 39.5. The fraction of sp³-hybridized carbons (Fsp3) is 0.0222. The van der Waals surface area contributed by atoms with E-state index in [-0.39, 0.29) is 0 Å². The molecule has 35 aromatic rings. The van der Waals surface area contributed by atoms with E-state index in [4.69, 9.17) is 30.9 Å². The Morgan fingerprint density at radius 2 is 0.366 bits per heavy atom. The Hall–Kier alpha value is -19.2. The summed E-state index contributed by atoms with van der Waals surface area (Å²) in [6.07, 6.45) is 0. The third-order valence-corrected chi connectivity index (χ3v) is 31.7. The highest BCUT2D eigenvalue weighted by molar-refractivity contribution is 6.37. The predicted molar refractivity (Wildman–Crippen MR) is 601 cm³/mol. The number of hydrogen-bond acceptors (Lipinski definition) is 7. The molecule has 13 heterocycles. The van der Waals surface area contributed by atoms with Crippen LogP contribution in [-0.4, -0.2) is 13.2 Å². The molecule has 22 aromatic carbocycles. The van der Waals surface area contributed by atoms with Crippen LogP contribution in [0.1, 0.15) is 16.7 Å². The zero-order valence-electron chi connectivity index (χ0n) is 78.5. The van der Waals surface area contributed by atoms with Crippen LogP contribution < -0.4 is 0 Å². The van der Waals surface area contributed by atoms with Crippen LogP contribution in [0.4, 0.5) is 0 Å². The van der Waals surface area contributed by atoms with E-state index < -0.39 is 0 Å². The van der Waals surface area contributed by atoms with Gasteiger partial charge in [0, 0.05) is 146 Å². The van der Waals surface area contributed by atoms with Gasteiger partial charge in [-0.3, -0.25) is 0 Å². The van der Waals surface area contributed by atoms with E-state index in [1.165, 1.54) is 132 Å². The lowest BCUT2D eigenvalue weighted by Crippen LogP contribution is -1.91. The minimum atomic E-state index is 0.891. The van der Waals surface area contributed by atoms with Gasteiger partial charge in [0.15, 0.2) is 33.5 Å². The van der Waals surface area contributed by atoms with E-state index in [0.29, 0.717) is 0 Å². The van der Waals surface area contributed by atoms with Gasteiger partial charge in [-0.1, -0.05) is 297 Å². The molecule has 0 aliphatic rings. The summed E-state index contributed by atoms with van der Waals surface area (Å²) in [5, 5.41) is 30.1. The predicted octanol–water partition coefficient (Wildman–Crippen LogP) is 38.7. The van der Waals surface area contributed by atoms with Crippen LogP contribution in [0.3, 0.4) is 0 Å². The number of hydrogen-bond donors (Lipinski definition) is 0. The van der Waals surface area contributed by atoms with Crippen molar-refractivity contribution in [1.29, 1.82) is 0 Å². The minimum absolute atomic E-state index is 0.891. The average Bonchev–Trinajstić information content (AvgIpc) is 1.52. The fourth-order valence-electron chi connectivity index (χ4n) is 25.4. The van der Waals surface area contributed by atoms with Gasteiger partial charge in [0.1, 0.15) is 44.7 Å². The molecule has 0 unspecified atom stereocenters. The van der Waals surface area contributed by atoms with Gasteiger partial charge in [0.25, 0.3) is 0 Å². The summed E-state index contributed by atoms with van der Waals surface area (Å²) in [5.41, 5.74) is 41.0. The van der Waals surface area contributed by atoms with Crippen molar-refractivity contribution in [3.63, 3.8) is 0 Å². The SMILES string of the molecule is Cc1cc(-c2ccccc2)cc(C)c1-c1cc2c3ccc4c5ccccc5oc4c3n3c2c(c1)c1ccc2c4ccccc4oc2c13.Cc1cc(-c2ccccc2)ccc1-c1cc2c3ccc4c5ccccc5oc4c3n3c2c(c1)c1ccc2c4ccccc4oc2c13.c1ccc2c(c1)oc1c(-c3ccc(-c4cc5c6ccc7c8ccccc8oc7c6n6c5c(c4)c4ccc5c7ccccc7oc5c46)cc3)cccc12. The van der Waals surface area contributed by atoms with E-state index in [1.807, 2.05) is 48.5 Å². The van der Waals surface area contributed by atoms with Gasteiger partial charge in [0.2, 0.25) is 0 Å². The normalized spacial score (nSPS) is 12.5. The number of benzene rings is 22. The van der Waals surface area contributed by atoms with Gasteiger partial charge in [-0.25, -0.2) is 0 Å². The smallest absolute Gasteiger partial charge is 0.160 e. The monoisotopic (exact) mass is 1850 g/mol. The summed E-state index contributed by atoms with van der Waals surface area (Å²) in [6, 6.07) is 148. The Morgan fingerprint density at radius 1 is 0.131 bits per heavy atom. The van der Waals surface area contributed by atoms with E-state index in [9.17, 15) is 0 Å². The Balaban J connectivity index is 0.0000000956. The first-order valence-electron chi connectivity index (χ1n) is 49.6. The van der Waals surface area contributed by atoms with Gasteiger partial charge >= 0.3 is 0 Å². The molecule has 0 fully saturated rings. The number of aromatic nitrogens is 3. The maximum absolute atomic E-state index is 6.71. The van der Waals surface area contributed by atoms with Gasteiger partial charge in [-0.15, -0.1) is 0 Å². The molecule has 674 valence electrons. The fourth-order valence-corrected chi connectivity index (χ4v) is 25.4. The average molecular weight is 1850 g/mol. The van der Waals surface area contributed by atoms with Crippen LogP contribution in [0.5, 0.6) is 0 Å². The summed E-state index contributed by atoms with van der Waals surface area (Å²) >= 11 is 0. The van der Waals surface area contributed by atoms with Crippen LogP contribution in [0.25, 0.3) is 335 Å². The highest BCUT2D eigenvalue weighted by Crippen LogP contribution is 2.55. The molecule has 0 atom stereocenters.